The molecule has 0 aromatic heterocycles. The van der Waals surface area contributed by atoms with Gasteiger partial charge < -0.3 is 16.0 Å². The van der Waals surface area contributed by atoms with Crippen molar-refractivity contribution in [2.75, 3.05) is 26.2 Å². The summed E-state index contributed by atoms with van der Waals surface area (Å²) in [5.74, 6) is -0.298. The molecule has 1 rings (SSSR count). The van der Waals surface area contributed by atoms with E-state index in [0.29, 0.717) is 19.0 Å². The minimum absolute atomic E-state index is 0.298. The number of imide groups is 1. The van der Waals surface area contributed by atoms with Gasteiger partial charge in [-0.2, -0.15) is 0 Å². The van der Waals surface area contributed by atoms with Gasteiger partial charge in [0.15, 0.2) is 0 Å². The van der Waals surface area contributed by atoms with Crippen LogP contribution in [0.1, 0.15) is 39.0 Å². The van der Waals surface area contributed by atoms with Crippen LogP contribution in [0.4, 0.5) is 4.79 Å². The molecule has 0 radical (unpaired) electrons. The van der Waals surface area contributed by atoms with Gasteiger partial charge in [-0.25, -0.2) is 4.79 Å². The molecule has 1 aliphatic rings. The first-order chi connectivity index (χ1) is 9.11. The summed E-state index contributed by atoms with van der Waals surface area (Å²) < 4.78 is 0. The normalized spacial score (nSPS) is 18.7. The first-order valence-electron chi connectivity index (χ1n) is 7.16. The summed E-state index contributed by atoms with van der Waals surface area (Å²) in [5, 5.41) is 5.57. The Balaban J connectivity index is 2.30. The minimum Gasteiger partial charge on any atom is -0.351 e. The quantitative estimate of drug-likeness (QED) is 0.597. The molecule has 19 heavy (non-hydrogen) atoms. The van der Waals surface area contributed by atoms with Crippen molar-refractivity contribution < 1.29 is 9.59 Å². The zero-order valence-corrected chi connectivity index (χ0v) is 11.8. The Kier molecular flexibility index (Phi) is 7.43. The molecule has 4 N–H and O–H groups in total. The van der Waals surface area contributed by atoms with Gasteiger partial charge in [0, 0.05) is 25.6 Å². The average molecular weight is 270 g/mol. The van der Waals surface area contributed by atoms with Crippen LogP contribution in [0.5, 0.6) is 0 Å². The van der Waals surface area contributed by atoms with Crippen LogP contribution in [0.3, 0.4) is 0 Å². The molecule has 0 aliphatic carbocycles. The Hall–Kier alpha value is -1.14. The number of hydrogen-bond acceptors (Lipinski definition) is 4. The molecular formula is C13H26N4O2. The van der Waals surface area contributed by atoms with Gasteiger partial charge in [0.25, 0.3) is 0 Å². The maximum absolute atomic E-state index is 11.4. The summed E-state index contributed by atoms with van der Waals surface area (Å²) in [6, 6.07) is -0.237. The molecule has 110 valence electrons. The van der Waals surface area contributed by atoms with Crippen LogP contribution in [0, 0.1) is 0 Å². The SMILES string of the molecule is CCCCN(CCC(=O)NC(N)=O)CC1CCCN1. The molecule has 1 saturated heterocycles. The second kappa shape index (κ2) is 8.87. The number of primary amides is 1. The highest BCUT2D eigenvalue weighted by molar-refractivity contribution is 5.93. The zero-order chi connectivity index (χ0) is 14.1. The van der Waals surface area contributed by atoms with Crippen molar-refractivity contribution in [2.24, 2.45) is 5.73 Å². The molecule has 1 aliphatic heterocycles. The van der Waals surface area contributed by atoms with E-state index in [1.54, 1.807) is 0 Å². The molecule has 0 bridgehead atoms. The number of nitrogens with one attached hydrogen (secondary N) is 2. The van der Waals surface area contributed by atoms with E-state index in [9.17, 15) is 9.59 Å². The van der Waals surface area contributed by atoms with E-state index in [0.717, 1.165) is 32.5 Å². The second-order valence-corrected chi connectivity index (χ2v) is 5.11. The highest BCUT2D eigenvalue weighted by Gasteiger charge is 2.18. The Labute approximate surface area is 115 Å². The number of rotatable bonds is 8. The molecule has 0 aromatic carbocycles. The van der Waals surface area contributed by atoms with Gasteiger partial charge in [-0.1, -0.05) is 13.3 Å². The number of hydrogen-bond donors (Lipinski definition) is 3. The van der Waals surface area contributed by atoms with Gasteiger partial charge in [-0.05, 0) is 32.4 Å². The van der Waals surface area contributed by atoms with E-state index in [-0.39, 0.29) is 5.91 Å². The Morgan fingerprint density at radius 3 is 2.79 bits per heavy atom. The van der Waals surface area contributed by atoms with E-state index < -0.39 is 6.03 Å². The maximum atomic E-state index is 11.4. The molecule has 0 aromatic rings. The Morgan fingerprint density at radius 1 is 1.42 bits per heavy atom. The summed E-state index contributed by atoms with van der Waals surface area (Å²) in [6.07, 6.45) is 5.02. The van der Waals surface area contributed by atoms with Crippen LogP contribution in [-0.2, 0) is 4.79 Å². The van der Waals surface area contributed by atoms with Crippen molar-refractivity contribution in [2.45, 2.75) is 45.1 Å². The van der Waals surface area contributed by atoms with E-state index in [2.05, 4.69) is 22.5 Å². The van der Waals surface area contributed by atoms with Crippen LogP contribution < -0.4 is 16.4 Å². The molecule has 0 saturated carbocycles. The number of nitrogens with two attached hydrogens (primary N) is 1. The van der Waals surface area contributed by atoms with E-state index in [1.807, 2.05) is 0 Å². The third kappa shape index (κ3) is 7.12. The minimum atomic E-state index is -0.775. The van der Waals surface area contributed by atoms with Gasteiger partial charge in [-0.3, -0.25) is 10.1 Å². The lowest BCUT2D eigenvalue weighted by Crippen LogP contribution is -2.41. The number of carbonyl (C=O) groups is 2. The topological polar surface area (TPSA) is 87.5 Å². The highest BCUT2D eigenvalue weighted by Crippen LogP contribution is 2.08. The van der Waals surface area contributed by atoms with Gasteiger partial charge in [-0.15, -0.1) is 0 Å². The fourth-order valence-corrected chi connectivity index (χ4v) is 2.36. The lowest BCUT2D eigenvalue weighted by molar-refractivity contribution is -0.120. The smallest absolute Gasteiger partial charge is 0.318 e. The summed E-state index contributed by atoms with van der Waals surface area (Å²) >= 11 is 0. The van der Waals surface area contributed by atoms with Crippen molar-refractivity contribution in [1.29, 1.82) is 0 Å². The maximum Gasteiger partial charge on any atom is 0.318 e. The van der Waals surface area contributed by atoms with Crippen LogP contribution >= 0.6 is 0 Å². The lowest BCUT2D eigenvalue weighted by atomic mass is 10.2. The Bertz CT molecular complexity index is 290. The first-order valence-corrected chi connectivity index (χ1v) is 7.16. The van der Waals surface area contributed by atoms with Gasteiger partial charge in [0.1, 0.15) is 0 Å². The number of urea groups is 1. The van der Waals surface area contributed by atoms with Crippen LogP contribution in [0.25, 0.3) is 0 Å². The molecule has 1 heterocycles. The van der Waals surface area contributed by atoms with E-state index in [4.69, 9.17) is 5.73 Å². The molecule has 0 spiro atoms. The first kappa shape index (κ1) is 15.9. The van der Waals surface area contributed by atoms with Gasteiger partial charge in [0.05, 0.1) is 0 Å². The van der Waals surface area contributed by atoms with Gasteiger partial charge >= 0.3 is 6.03 Å². The molecule has 1 unspecified atom stereocenters. The summed E-state index contributed by atoms with van der Waals surface area (Å²) in [6.45, 7) is 5.90. The monoisotopic (exact) mass is 270 g/mol. The third-order valence-corrected chi connectivity index (χ3v) is 3.39. The van der Waals surface area contributed by atoms with Crippen LogP contribution in [0.15, 0.2) is 0 Å². The molecule has 6 nitrogen and oxygen atoms in total. The Morgan fingerprint density at radius 2 is 2.21 bits per heavy atom. The number of carbonyl (C=O) groups excluding carboxylic acids is 2. The molecule has 3 amide bonds. The van der Waals surface area contributed by atoms with E-state index >= 15 is 0 Å². The fraction of sp³-hybridized carbons (Fsp3) is 0.846. The standard InChI is InChI=1S/C13H26N4O2/c1-2-3-8-17(10-11-5-4-7-15-11)9-6-12(18)16-13(14)19/h11,15H,2-10H2,1H3,(H3,14,16,18,19). The van der Waals surface area contributed by atoms with Crippen molar-refractivity contribution in [3.05, 3.63) is 0 Å². The van der Waals surface area contributed by atoms with Crippen LogP contribution in [-0.4, -0.2) is 49.1 Å². The van der Waals surface area contributed by atoms with Crippen molar-refractivity contribution >= 4 is 11.9 Å². The summed E-state index contributed by atoms with van der Waals surface area (Å²) in [5.41, 5.74) is 4.92. The molecule has 6 heteroatoms. The van der Waals surface area contributed by atoms with Crippen molar-refractivity contribution in [3.63, 3.8) is 0 Å². The molecule has 1 atom stereocenters. The summed E-state index contributed by atoms with van der Waals surface area (Å²) in [4.78, 5) is 24.3. The predicted molar refractivity (Wildman–Crippen MR) is 74.7 cm³/mol. The second-order valence-electron chi connectivity index (χ2n) is 5.11. The molecule has 1 fully saturated rings. The molecular weight excluding hydrogens is 244 g/mol. The highest BCUT2D eigenvalue weighted by atomic mass is 16.2. The number of nitrogens with zero attached hydrogens (tertiary/aromatic N) is 1. The largest absolute Gasteiger partial charge is 0.351 e. The summed E-state index contributed by atoms with van der Waals surface area (Å²) in [7, 11) is 0. The van der Waals surface area contributed by atoms with Crippen molar-refractivity contribution in [3.8, 4) is 0 Å². The number of unbranched alkanes of at least 4 members (excludes halogenated alkanes) is 1. The zero-order valence-electron chi connectivity index (χ0n) is 11.8. The third-order valence-electron chi connectivity index (χ3n) is 3.39. The fourth-order valence-electron chi connectivity index (χ4n) is 2.36. The average Bonchev–Trinajstić information content (AvgIpc) is 2.84. The van der Waals surface area contributed by atoms with Crippen LogP contribution in [0.2, 0.25) is 0 Å². The van der Waals surface area contributed by atoms with E-state index in [1.165, 1.54) is 12.8 Å². The predicted octanol–water partition coefficient (Wildman–Crippen LogP) is 0.426. The van der Waals surface area contributed by atoms with Crippen molar-refractivity contribution in [1.82, 2.24) is 15.5 Å². The number of amides is 3. The van der Waals surface area contributed by atoms with Gasteiger partial charge in [0.2, 0.25) is 5.91 Å². The lowest BCUT2D eigenvalue weighted by Gasteiger charge is -2.25.